The van der Waals surface area contributed by atoms with Gasteiger partial charge in [-0.1, -0.05) is 23.5 Å². The second-order valence-electron chi connectivity index (χ2n) is 7.27. The summed E-state index contributed by atoms with van der Waals surface area (Å²) in [6.07, 6.45) is -0.281. The molecule has 3 heterocycles. The van der Waals surface area contributed by atoms with E-state index in [4.69, 9.17) is 9.47 Å². The van der Waals surface area contributed by atoms with Crippen LogP contribution in [0, 0.1) is 6.92 Å². The van der Waals surface area contributed by atoms with Crippen molar-refractivity contribution < 1.29 is 19.4 Å². The third kappa shape index (κ3) is 4.31. The molecule has 0 radical (unpaired) electrons. The van der Waals surface area contributed by atoms with Crippen LogP contribution in [0.25, 0.3) is 4.96 Å². The average Bonchev–Trinajstić information content (AvgIpc) is 3.27. The van der Waals surface area contributed by atoms with Gasteiger partial charge in [0, 0.05) is 26.2 Å². The molecule has 0 saturated carbocycles. The van der Waals surface area contributed by atoms with Crippen molar-refractivity contribution in [3.8, 4) is 11.6 Å². The lowest BCUT2D eigenvalue weighted by molar-refractivity contribution is 0.0715. The number of hydrogen-bond donors (Lipinski definition) is 1. The Hall–Kier alpha value is -2.85. The number of aromatic nitrogens is 3. The minimum Gasteiger partial charge on any atom is -0.494 e. The van der Waals surface area contributed by atoms with Gasteiger partial charge in [0.2, 0.25) is 10.8 Å². The second kappa shape index (κ2) is 9.11. The normalized spacial score (nSPS) is 15.9. The lowest BCUT2D eigenvalue weighted by atomic mass is 10.0. The second-order valence-corrected chi connectivity index (χ2v) is 8.28. The summed E-state index contributed by atoms with van der Waals surface area (Å²) in [4.78, 5) is 21.9. The van der Waals surface area contributed by atoms with E-state index in [0.717, 1.165) is 16.2 Å². The number of benzene rings is 1. The number of carbonyl (C=O) groups is 1. The molecule has 31 heavy (non-hydrogen) atoms. The molecule has 1 N–H and O–H groups in total. The third-order valence-electron chi connectivity index (χ3n) is 5.27. The maximum absolute atomic E-state index is 12.1. The highest BCUT2D eigenvalue weighted by molar-refractivity contribution is 7.17. The van der Waals surface area contributed by atoms with E-state index in [-0.39, 0.29) is 18.0 Å². The number of rotatable bonds is 6. The Kier molecular flexibility index (Phi) is 6.28. The topological polar surface area (TPSA) is 92.4 Å². The zero-order chi connectivity index (χ0) is 22.0. The zero-order valence-corrected chi connectivity index (χ0v) is 18.8. The number of piperazine rings is 1. The molecule has 1 aromatic carbocycles. The van der Waals surface area contributed by atoms with E-state index in [1.807, 2.05) is 38.1 Å². The van der Waals surface area contributed by atoms with Crippen LogP contribution in [-0.4, -0.2) is 75.0 Å². The Labute approximate surface area is 184 Å². The van der Waals surface area contributed by atoms with E-state index < -0.39 is 0 Å². The van der Waals surface area contributed by atoms with Gasteiger partial charge >= 0.3 is 6.09 Å². The highest BCUT2D eigenvalue weighted by Gasteiger charge is 2.33. The van der Waals surface area contributed by atoms with Gasteiger partial charge in [-0.2, -0.15) is 4.52 Å². The molecule has 166 valence electrons. The number of hydrogen-bond acceptors (Lipinski definition) is 8. The zero-order valence-electron chi connectivity index (χ0n) is 17.9. The lowest BCUT2D eigenvalue weighted by Crippen LogP contribution is -2.49. The molecule has 4 rings (SSSR count). The number of ether oxygens (including phenoxy) is 2. The number of nitrogens with zero attached hydrogens (tertiary/aromatic N) is 5. The SMILES string of the molecule is CCOC(=O)N1CCN([C@@H](c2ccc(OCC)cc2)c2sc3nc(C)nn3c2O)CC1. The van der Waals surface area contributed by atoms with Crippen LogP contribution < -0.4 is 4.74 Å². The van der Waals surface area contributed by atoms with Gasteiger partial charge in [0.1, 0.15) is 11.6 Å². The summed E-state index contributed by atoms with van der Waals surface area (Å²) in [5, 5.41) is 15.3. The molecule has 1 aliphatic rings. The van der Waals surface area contributed by atoms with Gasteiger partial charge < -0.3 is 19.5 Å². The molecule has 9 nitrogen and oxygen atoms in total. The smallest absolute Gasteiger partial charge is 0.409 e. The van der Waals surface area contributed by atoms with E-state index in [1.165, 1.54) is 15.9 Å². The standard InChI is InChI=1S/C21H27N5O4S/c1-4-29-16-8-6-15(7-9-16)17(18-19(27)26-20(31-18)22-14(3)23-26)24-10-12-25(13-11-24)21(28)30-5-2/h6-9,17,27H,4-5,10-13H2,1-3H3/t17-/m0/s1. The molecule has 1 saturated heterocycles. The summed E-state index contributed by atoms with van der Waals surface area (Å²) >= 11 is 1.43. The Bertz CT molecular complexity index is 1040. The fourth-order valence-corrected chi connectivity index (χ4v) is 5.01. The van der Waals surface area contributed by atoms with Crippen molar-refractivity contribution in [2.75, 3.05) is 39.4 Å². The highest BCUT2D eigenvalue weighted by atomic mass is 32.1. The average molecular weight is 446 g/mol. The van der Waals surface area contributed by atoms with Crippen molar-refractivity contribution in [3.63, 3.8) is 0 Å². The molecule has 1 atom stereocenters. The van der Waals surface area contributed by atoms with E-state index in [1.54, 1.807) is 11.8 Å². The summed E-state index contributed by atoms with van der Waals surface area (Å²) in [6.45, 7) is 8.97. The molecule has 0 unspecified atom stereocenters. The Morgan fingerprint density at radius 1 is 1.16 bits per heavy atom. The maximum atomic E-state index is 12.1. The van der Waals surface area contributed by atoms with Crippen LogP contribution in [0.1, 0.15) is 36.2 Å². The van der Waals surface area contributed by atoms with Crippen LogP contribution in [0.3, 0.4) is 0 Å². The van der Waals surface area contributed by atoms with Crippen molar-refractivity contribution >= 4 is 22.4 Å². The van der Waals surface area contributed by atoms with Crippen molar-refractivity contribution in [2.24, 2.45) is 0 Å². The van der Waals surface area contributed by atoms with E-state index in [0.29, 0.717) is 50.2 Å². The predicted octanol–water partition coefficient (Wildman–Crippen LogP) is 3.07. The summed E-state index contributed by atoms with van der Waals surface area (Å²) < 4.78 is 12.2. The minimum atomic E-state index is -0.281. The van der Waals surface area contributed by atoms with Crippen LogP contribution in [0.5, 0.6) is 11.6 Å². The molecule has 10 heteroatoms. The van der Waals surface area contributed by atoms with E-state index in [9.17, 15) is 9.90 Å². The monoisotopic (exact) mass is 445 g/mol. The highest BCUT2D eigenvalue weighted by Crippen LogP contribution is 2.40. The van der Waals surface area contributed by atoms with E-state index in [2.05, 4.69) is 15.0 Å². The first-order valence-electron chi connectivity index (χ1n) is 10.4. The number of aromatic hydroxyl groups is 1. The quantitative estimate of drug-likeness (QED) is 0.623. The van der Waals surface area contributed by atoms with Gasteiger partial charge in [-0.3, -0.25) is 4.90 Å². The largest absolute Gasteiger partial charge is 0.494 e. The molecule has 0 spiro atoms. The van der Waals surface area contributed by atoms with Crippen LogP contribution in [-0.2, 0) is 4.74 Å². The molecule has 3 aromatic rings. The van der Waals surface area contributed by atoms with Gasteiger partial charge in [0.05, 0.1) is 24.1 Å². The molecular weight excluding hydrogens is 418 g/mol. The minimum absolute atomic E-state index is 0.104. The number of aryl methyl sites for hydroxylation is 1. The number of fused-ring (bicyclic) bond motifs is 1. The Balaban J connectivity index is 1.65. The molecule has 1 fully saturated rings. The number of thiazole rings is 1. The molecule has 1 aliphatic heterocycles. The summed E-state index contributed by atoms with van der Waals surface area (Å²) in [6, 6.07) is 7.74. The van der Waals surface area contributed by atoms with Crippen LogP contribution in [0.4, 0.5) is 4.79 Å². The lowest BCUT2D eigenvalue weighted by Gasteiger charge is -2.38. The summed E-state index contributed by atoms with van der Waals surface area (Å²) in [5.74, 6) is 1.53. The Morgan fingerprint density at radius 3 is 2.48 bits per heavy atom. The number of carbonyl (C=O) groups excluding carboxylic acids is 1. The molecule has 0 aliphatic carbocycles. The third-order valence-corrected chi connectivity index (χ3v) is 6.34. The summed E-state index contributed by atoms with van der Waals surface area (Å²) in [5.41, 5.74) is 1.03. The van der Waals surface area contributed by atoms with Gasteiger partial charge in [0.15, 0.2) is 0 Å². The van der Waals surface area contributed by atoms with Crippen molar-refractivity contribution in [1.82, 2.24) is 24.4 Å². The van der Waals surface area contributed by atoms with Crippen LogP contribution in [0.2, 0.25) is 0 Å². The fraction of sp³-hybridized carbons (Fsp3) is 0.476. The maximum Gasteiger partial charge on any atom is 0.409 e. The van der Waals surface area contributed by atoms with Gasteiger partial charge in [-0.05, 0) is 38.5 Å². The molecule has 2 aromatic heterocycles. The van der Waals surface area contributed by atoms with Crippen LogP contribution in [0.15, 0.2) is 24.3 Å². The van der Waals surface area contributed by atoms with Crippen LogP contribution >= 0.6 is 11.3 Å². The molecular formula is C21H27N5O4S. The van der Waals surface area contributed by atoms with Gasteiger partial charge in [-0.25, -0.2) is 9.78 Å². The van der Waals surface area contributed by atoms with Crippen molar-refractivity contribution in [2.45, 2.75) is 26.8 Å². The molecule has 1 amide bonds. The molecule has 0 bridgehead atoms. The van der Waals surface area contributed by atoms with E-state index >= 15 is 0 Å². The fourth-order valence-electron chi connectivity index (χ4n) is 3.84. The Morgan fingerprint density at radius 2 is 1.87 bits per heavy atom. The van der Waals surface area contributed by atoms with Crippen molar-refractivity contribution in [3.05, 3.63) is 40.5 Å². The van der Waals surface area contributed by atoms with Crippen molar-refractivity contribution in [1.29, 1.82) is 0 Å². The summed E-state index contributed by atoms with van der Waals surface area (Å²) in [7, 11) is 0. The number of amides is 1. The predicted molar refractivity (Wildman–Crippen MR) is 117 cm³/mol. The van der Waals surface area contributed by atoms with Gasteiger partial charge in [0.25, 0.3) is 0 Å². The van der Waals surface area contributed by atoms with Gasteiger partial charge in [-0.15, -0.1) is 5.10 Å². The first-order valence-corrected chi connectivity index (χ1v) is 11.3. The first-order chi connectivity index (χ1) is 15.0. The first kappa shape index (κ1) is 21.4.